The first kappa shape index (κ1) is 26.9. The fourth-order valence-electron chi connectivity index (χ4n) is 4.50. The second-order valence-corrected chi connectivity index (χ2v) is 9.31. The summed E-state index contributed by atoms with van der Waals surface area (Å²) < 4.78 is 4.35. The van der Waals surface area contributed by atoms with Gasteiger partial charge in [0.2, 0.25) is 0 Å². The third-order valence-electron chi connectivity index (χ3n) is 6.25. The van der Waals surface area contributed by atoms with E-state index in [1.54, 1.807) is 11.8 Å². The first-order valence-corrected chi connectivity index (χ1v) is 12.6. The van der Waals surface area contributed by atoms with Crippen molar-refractivity contribution in [3.63, 3.8) is 0 Å². The van der Waals surface area contributed by atoms with E-state index in [2.05, 4.69) is 62.5 Å². The summed E-state index contributed by atoms with van der Waals surface area (Å²) in [5.74, 6) is 1.96. The Morgan fingerprint density at radius 3 is 2.56 bits per heavy atom. The second kappa shape index (κ2) is 12.8. The van der Waals surface area contributed by atoms with E-state index in [-0.39, 0.29) is 30.0 Å². The molecular formula is C22H39IN8S. The molecule has 2 aromatic heterocycles. The van der Waals surface area contributed by atoms with Crippen molar-refractivity contribution in [1.29, 1.82) is 0 Å². The highest BCUT2D eigenvalue weighted by atomic mass is 127. The van der Waals surface area contributed by atoms with Gasteiger partial charge in [0, 0.05) is 44.8 Å². The van der Waals surface area contributed by atoms with E-state index in [1.807, 2.05) is 18.8 Å². The molecular weight excluding hydrogens is 535 g/mol. The van der Waals surface area contributed by atoms with Crippen molar-refractivity contribution in [3.8, 4) is 0 Å². The van der Waals surface area contributed by atoms with E-state index < -0.39 is 0 Å². The van der Waals surface area contributed by atoms with Crippen LogP contribution in [0.2, 0.25) is 0 Å². The minimum Gasteiger partial charge on any atom is -0.356 e. The molecule has 3 rings (SSSR count). The summed E-state index contributed by atoms with van der Waals surface area (Å²) in [4.78, 5) is 4.40. The maximum atomic E-state index is 4.52. The van der Waals surface area contributed by atoms with E-state index in [4.69, 9.17) is 0 Å². The SMILES string of the molecule is CN=C(NCCCc1nnc(SC)n1C1CCCC1)NC(C)Cc1c(C)nn(C)c1C.I. The molecule has 0 saturated heterocycles. The first-order chi connectivity index (χ1) is 14.9. The fourth-order valence-corrected chi connectivity index (χ4v) is 5.07. The van der Waals surface area contributed by atoms with E-state index in [0.29, 0.717) is 6.04 Å². The Bertz CT molecular complexity index is 885. The maximum absolute atomic E-state index is 4.52. The van der Waals surface area contributed by atoms with Gasteiger partial charge >= 0.3 is 0 Å². The van der Waals surface area contributed by atoms with Gasteiger partial charge in [0.05, 0.1) is 5.69 Å². The molecule has 1 fully saturated rings. The molecule has 0 spiro atoms. The second-order valence-electron chi connectivity index (χ2n) is 8.54. The number of nitrogens with one attached hydrogen (secondary N) is 2. The molecule has 1 atom stereocenters. The molecule has 0 aromatic carbocycles. The Balaban J connectivity index is 0.00000363. The Hall–Kier alpha value is -1.30. The lowest BCUT2D eigenvalue weighted by Gasteiger charge is -2.19. The predicted octanol–water partition coefficient (Wildman–Crippen LogP) is 3.81. The van der Waals surface area contributed by atoms with Crippen molar-refractivity contribution in [3.05, 3.63) is 22.8 Å². The summed E-state index contributed by atoms with van der Waals surface area (Å²) in [6, 6.07) is 0.845. The molecule has 10 heteroatoms. The predicted molar refractivity (Wildman–Crippen MR) is 143 cm³/mol. The van der Waals surface area contributed by atoms with Gasteiger partial charge in [-0.1, -0.05) is 24.6 Å². The van der Waals surface area contributed by atoms with Crippen LogP contribution in [0.1, 0.15) is 67.8 Å². The highest BCUT2D eigenvalue weighted by Crippen LogP contribution is 2.33. The van der Waals surface area contributed by atoms with Gasteiger partial charge in [-0.15, -0.1) is 34.2 Å². The monoisotopic (exact) mass is 574 g/mol. The minimum absolute atomic E-state index is 0. The molecule has 32 heavy (non-hydrogen) atoms. The van der Waals surface area contributed by atoms with Crippen LogP contribution in [0.3, 0.4) is 0 Å². The molecule has 180 valence electrons. The van der Waals surface area contributed by atoms with Crippen LogP contribution in [0.25, 0.3) is 0 Å². The van der Waals surface area contributed by atoms with Crippen molar-refractivity contribution in [2.75, 3.05) is 19.8 Å². The van der Waals surface area contributed by atoms with Crippen molar-refractivity contribution in [2.45, 2.75) is 83.0 Å². The number of aliphatic imine (C=N–C) groups is 1. The number of nitrogens with zero attached hydrogens (tertiary/aromatic N) is 6. The minimum atomic E-state index is 0. The standard InChI is InChI=1S/C22H38N8S.HI/c1-15(14-19-16(2)28-29(5)17(19)3)25-21(23-4)24-13-9-12-20-26-27-22(31-6)30(20)18-10-7-8-11-18;/h15,18H,7-14H2,1-6H3,(H2,23,24,25);1H. The molecule has 1 unspecified atom stereocenters. The van der Waals surface area contributed by atoms with E-state index >= 15 is 0 Å². The average Bonchev–Trinajstić information content (AvgIpc) is 3.46. The van der Waals surface area contributed by atoms with Gasteiger partial charge in [-0.25, -0.2) is 0 Å². The molecule has 1 saturated carbocycles. The summed E-state index contributed by atoms with van der Waals surface area (Å²) in [6.07, 6.45) is 10.1. The van der Waals surface area contributed by atoms with E-state index in [0.717, 1.165) is 48.4 Å². The molecule has 0 bridgehead atoms. The fraction of sp³-hybridized carbons (Fsp3) is 0.727. The van der Waals surface area contributed by atoms with Crippen molar-refractivity contribution < 1.29 is 0 Å². The molecule has 1 aliphatic carbocycles. The normalized spacial score (nSPS) is 15.6. The number of hydrogen-bond acceptors (Lipinski definition) is 5. The Kier molecular flexibility index (Phi) is 10.8. The van der Waals surface area contributed by atoms with Crippen LogP contribution < -0.4 is 10.6 Å². The maximum Gasteiger partial charge on any atom is 0.191 e. The molecule has 1 aliphatic rings. The van der Waals surface area contributed by atoms with Crippen LogP contribution in [-0.2, 0) is 19.9 Å². The van der Waals surface area contributed by atoms with Crippen molar-refractivity contribution in [1.82, 2.24) is 35.2 Å². The van der Waals surface area contributed by atoms with Crippen LogP contribution in [0.15, 0.2) is 10.1 Å². The zero-order chi connectivity index (χ0) is 22.4. The number of rotatable bonds is 9. The molecule has 0 amide bonds. The van der Waals surface area contributed by atoms with Gasteiger partial charge < -0.3 is 15.2 Å². The van der Waals surface area contributed by atoms with Gasteiger partial charge in [0.15, 0.2) is 11.1 Å². The van der Waals surface area contributed by atoms with Crippen LogP contribution in [-0.4, -0.2) is 56.4 Å². The number of aromatic nitrogens is 5. The summed E-state index contributed by atoms with van der Waals surface area (Å²) in [5, 5.41) is 21.5. The molecule has 8 nitrogen and oxygen atoms in total. The third-order valence-corrected chi connectivity index (χ3v) is 6.90. The lowest BCUT2D eigenvalue weighted by Crippen LogP contribution is -2.43. The summed E-state index contributed by atoms with van der Waals surface area (Å²) in [6.45, 7) is 7.24. The average molecular weight is 575 g/mol. The van der Waals surface area contributed by atoms with Crippen LogP contribution in [0.5, 0.6) is 0 Å². The van der Waals surface area contributed by atoms with Gasteiger partial charge in [0.25, 0.3) is 0 Å². The van der Waals surface area contributed by atoms with Crippen molar-refractivity contribution >= 4 is 41.7 Å². The Labute approximate surface area is 213 Å². The molecule has 2 heterocycles. The number of hydrogen-bond donors (Lipinski definition) is 2. The number of aryl methyl sites for hydroxylation is 3. The van der Waals surface area contributed by atoms with Crippen LogP contribution in [0.4, 0.5) is 0 Å². The highest BCUT2D eigenvalue weighted by Gasteiger charge is 2.23. The highest BCUT2D eigenvalue weighted by molar-refractivity contribution is 14.0. The zero-order valence-corrected chi connectivity index (χ0v) is 23.5. The lowest BCUT2D eigenvalue weighted by molar-refractivity contribution is 0.460. The summed E-state index contributed by atoms with van der Waals surface area (Å²) in [7, 11) is 3.82. The lowest BCUT2D eigenvalue weighted by atomic mass is 10.1. The van der Waals surface area contributed by atoms with E-state index in [1.165, 1.54) is 36.9 Å². The Morgan fingerprint density at radius 2 is 1.97 bits per heavy atom. The third kappa shape index (κ3) is 6.61. The smallest absolute Gasteiger partial charge is 0.191 e. The Morgan fingerprint density at radius 1 is 1.25 bits per heavy atom. The van der Waals surface area contributed by atoms with Crippen LogP contribution in [0, 0.1) is 13.8 Å². The largest absolute Gasteiger partial charge is 0.356 e. The zero-order valence-electron chi connectivity index (χ0n) is 20.3. The first-order valence-electron chi connectivity index (χ1n) is 11.4. The molecule has 2 aromatic rings. The van der Waals surface area contributed by atoms with Gasteiger partial charge in [-0.2, -0.15) is 5.10 Å². The van der Waals surface area contributed by atoms with Gasteiger partial charge in [-0.05, 0) is 58.3 Å². The van der Waals surface area contributed by atoms with Gasteiger partial charge in [0.1, 0.15) is 5.82 Å². The molecule has 2 N–H and O–H groups in total. The van der Waals surface area contributed by atoms with Gasteiger partial charge in [-0.3, -0.25) is 9.67 Å². The number of thioether (sulfide) groups is 1. The quantitative estimate of drug-likeness (QED) is 0.156. The summed E-state index contributed by atoms with van der Waals surface area (Å²) in [5.41, 5.74) is 3.64. The molecule has 0 radical (unpaired) electrons. The summed E-state index contributed by atoms with van der Waals surface area (Å²) >= 11 is 1.70. The van der Waals surface area contributed by atoms with Crippen LogP contribution >= 0.6 is 35.7 Å². The van der Waals surface area contributed by atoms with Crippen molar-refractivity contribution in [2.24, 2.45) is 12.0 Å². The van der Waals surface area contributed by atoms with E-state index in [9.17, 15) is 0 Å². The number of halogens is 1. The topological polar surface area (TPSA) is 84.9 Å². The molecule has 0 aliphatic heterocycles. The number of guanidine groups is 1.